The van der Waals surface area contributed by atoms with Gasteiger partial charge in [0.2, 0.25) is 0 Å². The van der Waals surface area contributed by atoms with Crippen molar-refractivity contribution in [3.05, 3.63) is 16.6 Å². The summed E-state index contributed by atoms with van der Waals surface area (Å²) in [5, 5.41) is 7.33. The van der Waals surface area contributed by atoms with E-state index in [9.17, 15) is 0 Å². The highest BCUT2D eigenvalue weighted by Gasteiger charge is 2.41. The number of aromatic nitrogens is 1. The lowest BCUT2D eigenvalue weighted by Gasteiger charge is -2.32. The number of nitrogens with one attached hydrogen (secondary N) is 1. The Balaban J connectivity index is 1.79. The Bertz CT molecular complexity index is 337. The van der Waals surface area contributed by atoms with Crippen LogP contribution in [0.5, 0.6) is 0 Å². The van der Waals surface area contributed by atoms with Crippen molar-refractivity contribution in [2.24, 2.45) is 5.92 Å². The largest absolute Gasteiger partial charge is 0.303 e. The van der Waals surface area contributed by atoms with Gasteiger partial charge in [-0.15, -0.1) is 11.3 Å². The van der Waals surface area contributed by atoms with Gasteiger partial charge in [0.15, 0.2) is 0 Å². The molecular weight excluding hydrogens is 216 g/mol. The highest BCUT2D eigenvalue weighted by atomic mass is 32.1. The van der Waals surface area contributed by atoms with Gasteiger partial charge in [0.25, 0.3) is 0 Å². The van der Waals surface area contributed by atoms with E-state index < -0.39 is 0 Å². The summed E-state index contributed by atoms with van der Waals surface area (Å²) in [7, 11) is 0. The summed E-state index contributed by atoms with van der Waals surface area (Å²) < 4.78 is 0. The van der Waals surface area contributed by atoms with Crippen LogP contribution < -0.4 is 5.32 Å². The number of hydrogen-bond acceptors (Lipinski definition) is 3. The van der Waals surface area contributed by atoms with E-state index in [0.29, 0.717) is 6.04 Å². The summed E-state index contributed by atoms with van der Waals surface area (Å²) >= 11 is 1.82. The molecule has 0 radical (unpaired) electrons. The van der Waals surface area contributed by atoms with Crippen molar-refractivity contribution < 1.29 is 0 Å². The van der Waals surface area contributed by atoms with Gasteiger partial charge in [0, 0.05) is 17.6 Å². The lowest BCUT2D eigenvalue weighted by atomic mass is 9.96. The molecule has 1 atom stereocenters. The summed E-state index contributed by atoms with van der Waals surface area (Å²) in [4.78, 5) is 4.56. The standard InChI is InChI=1S/C13H20N2S/c1-10(11-4-5-11)15-13(6-2-3-7-13)12-14-8-9-16-12/h8-11,15H,2-7H2,1H3. The van der Waals surface area contributed by atoms with Gasteiger partial charge in [-0.2, -0.15) is 0 Å². The molecule has 0 aromatic carbocycles. The molecule has 0 bridgehead atoms. The quantitative estimate of drug-likeness (QED) is 0.867. The topological polar surface area (TPSA) is 24.9 Å². The third kappa shape index (κ3) is 1.91. The highest BCUT2D eigenvalue weighted by molar-refractivity contribution is 7.09. The smallest absolute Gasteiger partial charge is 0.113 e. The van der Waals surface area contributed by atoms with Crippen LogP contribution in [0.3, 0.4) is 0 Å². The molecule has 2 aliphatic carbocycles. The number of rotatable bonds is 4. The van der Waals surface area contributed by atoms with Crippen molar-refractivity contribution in [2.75, 3.05) is 0 Å². The Kier molecular flexibility index (Phi) is 2.76. The van der Waals surface area contributed by atoms with Gasteiger partial charge in [-0.25, -0.2) is 4.98 Å². The van der Waals surface area contributed by atoms with Gasteiger partial charge < -0.3 is 5.32 Å². The van der Waals surface area contributed by atoms with E-state index in [1.165, 1.54) is 43.5 Å². The van der Waals surface area contributed by atoms with E-state index in [-0.39, 0.29) is 5.54 Å². The van der Waals surface area contributed by atoms with Crippen LogP contribution in [0.25, 0.3) is 0 Å². The molecule has 2 fully saturated rings. The van der Waals surface area contributed by atoms with Crippen LogP contribution in [-0.4, -0.2) is 11.0 Å². The van der Waals surface area contributed by atoms with E-state index in [0.717, 1.165) is 5.92 Å². The number of hydrogen-bond donors (Lipinski definition) is 1. The van der Waals surface area contributed by atoms with Crippen LogP contribution in [0, 0.1) is 5.92 Å². The first-order valence-electron chi connectivity index (χ1n) is 6.48. The van der Waals surface area contributed by atoms with Crippen LogP contribution in [0.2, 0.25) is 0 Å². The average Bonchev–Trinajstić information content (AvgIpc) is 2.80. The fourth-order valence-corrected chi connectivity index (χ4v) is 3.87. The van der Waals surface area contributed by atoms with Crippen molar-refractivity contribution in [2.45, 2.75) is 57.0 Å². The Morgan fingerprint density at radius 1 is 1.44 bits per heavy atom. The van der Waals surface area contributed by atoms with Crippen LogP contribution in [0.4, 0.5) is 0 Å². The maximum Gasteiger partial charge on any atom is 0.113 e. The van der Waals surface area contributed by atoms with Crippen LogP contribution in [0.15, 0.2) is 11.6 Å². The summed E-state index contributed by atoms with van der Waals surface area (Å²) in [5.74, 6) is 0.928. The molecule has 2 nitrogen and oxygen atoms in total. The molecule has 88 valence electrons. The molecule has 3 rings (SSSR count). The maximum atomic E-state index is 4.56. The lowest BCUT2D eigenvalue weighted by Crippen LogP contribution is -2.45. The van der Waals surface area contributed by atoms with Crippen molar-refractivity contribution >= 4 is 11.3 Å². The summed E-state index contributed by atoms with van der Waals surface area (Å²) in [5.41, 5.74) is 0.218. The second-order valence-corrected chi connectivity index (χ2v) is 6.29. The third-order valence-corrected chi connectivity index (χ3v) is 5.11. The van der Waals surface area contributed by atoms with Crippen LogP contribution in [0.1, 0.15) is 50.5 Å². The minimum atomic E-state index is 0.218. The van der Waals surface area contributed by atoms with E-state index in [1.54, 1.807) is 0 Å². The van der Waals surface area contributed by atoms with Crippen molar-refractivity contribution in [1.82, 2.24) is 10.3 Å². The molecule has 1 unspecified atom stereocenters. The monoisotopic (exact) mass is 236 g/mol. The van der Waals surface area contributed by atoms with E-state index in [2.05, 4.69) is 22.6 Å². The number of nitrogens with zero attached hydrogens (tertiary/aromatic N) is 1. The van der Waals surface area contributed by atoms with Crippen LogP contribution in [-0.2, 0) is 5.54 Å². The zero-order valence-corrected chi connectivity index (χ0v) is 10.7. The zero-order valence-electron chi connectivity index (χ0n) is 9.91. The van der Waals surface area contributed by atoms with Gasteiger partial charge >= 0.3 is 0 Å². The van der Waals surface area contributed by atoms with Gasteiger partial charge in [-0.1, -0.05) is 12.8 Å². The molecule has 0 spiro atoms. The van der Waals surface area contributed by atoms with Gasteiger partial charge in [0.1, 0.15) is 5.01 Å². The van der Waals surface area contributed by atoms with Crippen LogP contribution >= 0.6 is 11.3 Å². The SMILES string of the molecule is CC(NC1(c2nccs2)CCCC1)C1CC1. The Morgan fingerprint density at radius 2 is 2.19 bits per heavy atom. The lowest BCUT2D eigenvalue weighted by molar-refractivity contribution is 0.286. The normalized spacial score (nSPS) is 25.8. The minimum Gasteiger partial charge on any atom is -0.303 e. The highest BCUT2D eigenvalue weighted by Crippen LogP contribution is 2.42. The first kappa shape index (κ1) is 10.7. The van der Waals surface area contributed by atoms with Crippen molar-refractivity contribution in [3.8, 4) is 0 Å². The molecule has 1 aromatic heterocycles. The van der Waals surface area contributed by atoms with Gasteiger partial charge in [0.05, 0.1) is 5.54 Å². The van der Waals surface area contributed by atoms with Gasteiger partial charge in [-0.3, -0.25) is 0 Å². The average molecular weight is 236 g/mol. The molecule has 2 saturated carbocycles. The molecule has 1 N–H and O–H groups in total. The molecule has 2 aliphatic rings. The van der Waals surface area contributed by atoms with Crippen molar-refractivity contribution in [3.63, 3.8) is 0 Å². The molecule has 0 saturated heterocycles. The van der Waals surface area contributed by atoms with Crippen molar-refractivity contribution in [1.29, 1.82) is 0 Å². The second kappa shape index (κ2) is 4.11. The fraction of sp³-hybridized carbons (Fsp3) is 0.769. The summed E-state index contributed by atoms with van der Waals surface area (Å²) in [6, 6.07) is 0.669. The Labute approximate surface area is 101 Å². The first-order valence-corrected chi connectivity index (χ1v) is 7.36. The van der Waals surface area contributed by atoms with Gasteiger partial charge in [-0.05, 0) is 38.5 Å². The molecule has 1 aromatic rings. The summed E-state index contributed by atoms with van der Waals surface area (Å²) in [6.07, 6.45) is 10.0. The van der Waals surface area contributed by atoms with E-state index >= 15 is 0 Å². The maximum absolute atomic E-state index is 4.56. The molecule has 16 heavy (non-hydrogen) atoms. The van der Waals surface area contributed by atoms with E-state index in [1.807, 2.05) is 17.5 Å². The fourth-order valence-electron chi connectivity index (χ4n) is 3.01. The second-order valence-electron chi connectivity index (χ2n) is 5.40. The minimum absolute atomic E-state index is 0.218. The zero-order chi connectivity index (χ0) is 11.0. The molecule has 1 heterocycles. The predicted octanol–water partition coefficient (Wildman–Crippen LogP) is 3.30. The Hall–Kier alpha value is -0.410. The first-order chi connectivity index (χ1) is 7.80. The molecule has 0 aliphatic heterocycles. The van der Waals surface area contributed by atoms with E-state index in [4.69, 9.17) is 0 Å². The molecule has 0 amide bonds. The summed E-state index contributed by atoms with van der Waals surface area (Å²) in [6.45, 7) is 2.35. The predicted molar refractivity (Wildman–Crippen MR) is 67.6 cm³/mol. The Morgan fingerprint density at radius 3 is 2.75 bits per heavy atom. The molecule has 3 heteroatoms. The number of thiazole rings is 1. The third-order valence-electron chi connectivity index (χ3n) is 4.13. The molecular formula is C13H20N2S.